The Bertz CT molecular complexity index is 432. The number of nitrogens with two attached hydrogens (primary N) is 2. The molecule has 19 heavy (non-hydrogen) atoms. The highest BCUT2D eigenvalue weighted by Gasteiger charge is 2.21. The number of hydrazine groups is 1. The highest BCUT2D eigenvalue weighted by atomic mass is 16.4. The van der Waals surface area contributed by atoms with Gasteiger partial charge in [-0.2, -0.15) is 0 Å². The summed E-state index contributed by atoms with van der Waals surface area (Å²) < 4.78 is 5.06. The van der Waals surface area contributed by atoms with Crippen molar-refractivity contribution in [2.75, 3.05) is 11.9 Å². The number of carbonyl (C=O) groups excluding carboxylic acids is 1. The molecule has 8 heteroatoms. The molecule has 1 heterocycles. The van der Waals surface area contributed by atoms with Crippen molar-refractivity contribution in [1.29, 1.82) is 0 Å². The van der Waals surface area contributed by atoms with Crippen LogP contribution in [-0.4, -0.2) is 29.6 Å². The smallest absolute Gasteiger partial charge is 0.326 e. The zero-order valence-corrected chi connectivity index (χ0v) is 10.4. The fourth-order valence-corrected chi connectivity index (χ4v) is 1.59. The van der Waals surface area contributed by atoms with Crippen molar-refractivity contribution in [2.24, 2.45) is 11.6 Å². The maximum Gasteiger partial charge on any atom is 0.326 e. The fraction of sp³-hybridized carbons (Fsp3) is 0.455. The molecular weight excluding hydrogens is 252 g/mol. The summed E-state index contributed by atoms with van der Waals surface area (Å²) in [4.78, 5) is 22.5. The van der Waals surface area contributed by atoms with Gasteiger partial charge in [-0.15, -0.1) is 0 Å². The van der Waals surface area contributed by atoms with Crippen LogP contribution in [-0.2, 0) is 4.79 Å². The van der Waals surface area contributed by atoms with Crippen LogP contribution >= 0.6 is 0 Å². The van der Waals surface area contributed by atoms with Crippen LogP contribution in [0.5, 0.6) is 0 Å². The summed E-state index contributed by atoms with van der Waals surface area (Å²) in [5.74, 6) is 3.53. The van der Waals surface area contributed by atoms with Gasteiger partial charge in [0.05, 0.1) is 6.26 Å². The summed E-state index contributed by atoms with van der Waals surface area (Å²) in [6.45, 7) is 0.508. The van der Waals surface area contributed by atoms with Gasteiger partial charge in [-0.3, -0.25) is 10.2 Å². The number of anilines is 1. The Kier molecular flexibility index (Phi) is 5.83. The Morgan fingerprint density at radius 3 is 2.74 bits per heavy atom. The number of aliphatic carboxylic acids is 1. The maximum atomic E-state index is 11.4. The molecule has 0 aromatic carbocycles. The molecule has 8 nitrogen and oxygen atoms in total. The first-order valence-electron chi connectivity index (χ1n) is 5.88. The largest absolute Gasteiger partial charge is 0.480 e. The molecule has 1 aromatic rings. The average molecular weight is 270 g/mol. The second-order valence-electron chi connectivity index (χ2n) is 3.96. The molecule has 1 amide bonds. The molecule has 1 rings (SSSR count). The van der Waals surface area contributed by atoms with E-state index in [0.29, 0.717) is 19.4 Å². The van der Waals surface area contributed by atoms with Gasteiger partial charge in [0.2, 0.25) is 5.88 Å². The van der Waals surface area contributed by atoms with Gasteiger partial charge in [0.15, 0.2) is 0 Å². The maximum absolute atomic E-state index is 11.4. The number of carboxylic acids is 1. The molecule has 0 saturated heterocycles. The van der Waals surface area contributed by atoms with E-state index in [0.717, 1.165) is 6.42 Å². The van der Waals surface area contributed by atoms with Gasteiger partial charge in [0.25, 0.3) is 5.91 Å². The minimum atomic E-state index is -1.02. The lowest BCUT2D eigenvalue weighted by Crippen LogP contribution is -2.33. The van der Waals surface area contributed by atoms with Crippen molar-refractivity contribution in [3.05, 3.63) is 17.9 Å². The SMILES string of the molecule is NCCCC[C@H](Nc1occc1C(=O)NN)C(=O)O. The van der Waals surface area contributed by atoms with Gasteiger partial charge in [0.1, 0.15) is 11.6 Å². The second-order valence-corrected chi connectivity index (χ2v) is 3.96. The van der Waals surface area contributed by atoms with Gasteiger partial charge in [0, 0.05) is 0 Å². The van der Waals surface area contributed by atoms with Crippen LogP contribution < -0.4 is 22.3 Å². The minimum absolute atomic E-state index is 0.0862. The Balaban J connectivity index is 2.71. The van der Waals surface area contributed by atoms with Crippen LogP contribution in [0.1, 0.15) is 29.6 Å². The molecule has 0 bridgehead atoms. The van der Waals surface area contributed by atoms with Crippen LogP contribution in [0.3, 0.4) is 0 Å². The zero-order valence-electron chi connectivity index (χ0n) is 10.4. The van der Waals surface area contributed by atoms with Crippen molar-refractivity contribution >= 4 is 17.8 Å². The summed E-state index contributed by atoms with van der Waals surface area (Å²) in [7, 11) is 0. The van der Waals surface area contributed by atoms with Crippen molar-refractivity contribution in [3.8, 4) is 0 Å². The Morgan fingerprint density at radius 2 is 2.16 bits per heavy atom. The second kappa shape index (κ2) is 7.39. The molecule has 0 radical (unpaired) electrons. The van der Waals surface area contributed by atoms with Crippen molar-refractivity contribution in [2.45, 2.75) is 25.3 Å². The normalized spacial score (nSPS) is 11.9. The molecule has 0 aliphatic heterocycles. The van der Waals surface area contributed by atoms with Crippen LogP contribution in [0.25, 0.3) is 0 Å². The number of furan rings is 1. The van der Waals surface area contributed by atoms with Crippen molar-refractivity contribution in [3.63, 3.8) is 0 Å². The van der Waals surface area contributed by atoms with E-state index >= 15 is 0 Å². The van der Waals surface area contributed by atoms with Gasteiger partial charge < -0.3 is 20.6 Å². The van der Waals surface area contributed by atoms with Crippen LogP contribution in [0.4, 0.5) is 5.88 Å². The number of rotatable bonds is 8. The van der Waals surface area contributed by atoms with Crippen molar-refractivity contribution in [1.82, 2.24) is 5.43 Å². The van der Waals surface area contributed by atoms with E-state index in [1.165, 1.54) is 12.3 Å². The molecule has 7 N–H and O–H groups in total. The Hall–Kier alpha value is -2.06. The molecule has 1 atom stereocenters. The van der Waals surface area contributed by atoms with E-state index in [1.807, 2.05) is 5.43 Å². The lowest BCUT2D eigenvalue weighted by molar-refractivity contribution is -0.138. The predicted octanol–water partition coefficient (Wildman–Crippen LogP) is -0.123. The van der Waals surface area contributed by atoms with E-state index in [9.17, 15) is 9.59 Å². The fourth-order valence-electron chi connectivity index (χ4n) is 1.59. The highest BCUT2D eigenvalue weighted by Crippen LogP contribution is 2.19. The van der Waals surface area contributed by atoms with Gasteiger partial charge in [-0.25, -0.2) is 10.6 Å². The summed E-state index contributed by atoms with van der Waals surface area (Å²) in [5, 5.41) is 11.8. The van der Waals surface area contributed by atoms with E-state index in [2.05, 4.69) is 5.32 Å². The molecule has 0 aliphatic carbocycles. The van der Waals surface area contributed by atoms with Crippen LogP contribution in [0, 0.1) is 0 Å². The first kappa shape index (κ1) is 15.0. The molecule has 0 unspecified atom stereocenters. The van der Waals surface area contributed by atoms with Gasteiger partial charge >= 0.3 is 5.97 Å². The molecule has 1 aromatic heterocycles. The molecule has 0 spiro atoms. The summed E-state index contributed by atoms with van der Waals surface area (Å²) in [6.07, 6.45) is 3.07. The number of hydrogen-bond acceptors (Lipinski definition) is 6. The Labute approximate surface area is 110 Å². The topological polar surface area (TPSA) is 144 Å². The summed E-state index contributed by atoms with van der Waals surface area (Å²) in [6, 6.07) is 0.561. The highest BCUT2D eigenvalue weighted by molar-refractivity contribution is 5.98. The quantitative estimate of drug-likeness (QED) is 0.192. The van der Waals surface area contributed by atoms with E-state index in [1.54, 1.807) is 0 Å². The minimum Gasteiger partial charge on any atom is -0.480 e. The monoisotopic (exact) mass is 270 g/mol. The summed E-state index contributed by atoms with van der Waals surface area (Å²) in [5.41, 5.74) is 7.48. The number of hydrogen-bond donors (Lipinski definition) is 5. The molecule has 0 aliphatic rings. The predicted molar refractivity (Wildman–Crippen MR) is 68.3 cm³/mol. The third-order valence-electron chi connectivity index (χ3n) is 2.59. The van der Waals surface area contributed by atoms with Crippen molar-refractivity contribution < 1.29 is 19.1 Å². The van der Waals surface area contributed by atoms with Gasteiger partial charge in [-0.05, 0) is 31.9 Å². The van der Waals surface area contributed by atoms with E-state index in [-0.39, 0.29) is 11.4 Å². The lowest BCUT2D eigenvalue weighted by Gasteiger charge is -2.14. The number of amides is 1. The summed E-state index contributed by atoms with van der Waals surface area (Å²) >= 11 is 0. The van der Waals surface area contributed by atoms with E-state index < -0.39 is 17.9 Å². The number of carbonyl (C=O) groups is 2. The molecule has 106 valence electrons. The van der Waals surface area contributed by atoms with E-state index in [4.69, 9.17) is 21.1 Å². The first-order chi connectivity index (χ1) is 9.10. The third kappa shape index (κ3) is 4.27. The van der Waals surface area contributed by atoms with Gasteiger partial charge in [-0.1, -0.05) is 0 Å². The third-order valence-corrected chi connectivity index (χ3v) is 2.59. The van der Waals surface area contributed by atoms with Crippen LogP contribution in [0.15, 0.2) is 16.7 Å². The average Bonchev–Trinajstić information content (AvgIpc) is 2.84. The number of carboxylic acid groups (broad SMARTS) is 1. The lowest BCUT2D eigenvalue weighted by atomic mass is 10.1. The number of nitrogens with one attached hydrogen (secondary N) is 2. The molecular formula is C11H18N4O4. The first-order valence-corrected chi connectivity index (χ1v) is 5.88. The molecule has 0 saturated carbocycles. The zero-order chi connectivity index (χ0) is 14.3. The Morgan fingerprint density at radius 1 is 1.42 bits per heavy atom. The standard InChI is InChI=1S/C11H18N4O4/c12-5-2-1-3-8(11(17)18)14-10-7(4-6-19-10)9(16)15-13/h4,6,8,14H,1-3,5,12-13H2,(H,15,16)(H,17,18)/t8-/m0/s1. The number of unbranched alkanes of at least 4 members (excludes halogenated alkanes) is 1. The van der Waals surface area contributed by atoms with Crippen LogP contribution in [0.2, 0.25) is 0 Å². The molecule has 0 fully saturated rings. The number of nitrogen functional groups attached to an aromatic ring is 1.